The summed E-state index contributed by atoms with van der Waals surface area (Å²) in [7, 11) is 3.17. The van der Waals surface area contributed by atoms with Crippen LogP contribution in [0.4, 0.5) is 0 Å². The van der Waals surface area contributed by atoms with Gasteiger partial charge in [0.15, 0.2) is 11.5 Å². The maximum absolute atomic E-state index is 12.3. The predicted octanol–water partition coefficient (Wildman–Crippen LogP) is 3.29. The van der Waals surface area contributed by atoms with E-state index in [1.165, 1.54) is 0 Å². The first kappa shape index (κ1) is 17.5. The molecule has 0 fully saturated rings. The molecule has 1 aromatic heterocycles. The van der Waals surface area contributed by atoms with Crippen LogP contribution >= 0.6 is 0 Å². The van der Waals surface area contributed by atoms with Gasteiger partial charge in [-0.15, -0.1) is 0 Å². The summed E-state index contributed by atoms with van der Waals surface area (Å²) in [6, 6.07) is 9.27. The second-order valence-corrected chi connectivity index (χ2v) is 5.04. The Morgan fingerprint density at radius 2 is 1.79 bits per heavy atom. The number of ether oxygens (including phenoxy) is 3. The Balaban J connectivity index is 2.32. The number of aromatic nitrogens is 1. The molecule has 0 unspecified atom stereocenters. The molecule has 0 saturated carbocycles. The van der Waals surface area contributed by atoms with Crippen LogP contribution in [-0.4, -0.2) is 31.8 Å². The van der Waals surface area contributed by atoms with Crippen molar-refractivity contribution in [2.24, 2.45) is 0 Å². The van der Waals surface area contributed by atoms with Crippen LogP contribution < -0.4 is 9.47 Å². The standard InChI is InChI=1S/C19H21NO4/c1-4-24-19(21)16(11-14-7-9-20-10-8-14)12-15-5-6-17(22-2)18(13-15)23-3/h5-11,13H,4,12H2,1-3H3/b16-11+. The molecule has 0 bridgehead atoms. The van der Waals surface area contributed by atoms with E-state index in [4.69, 9.17) is 14.2 Å². The van der Waals surface area contributed by atoms with Crippen LogP contribution in [0.1, 0.15) is 18.1 Å². The molecule has 0 spiro atoms. The molecule has 2 rings (SSSR count). The Morgan fingerprint density at radius 3 is 2.42 bits per heavy atom. The number of methoxy groups -OCH3 is 2. The maximum atomic E-state index is 12.3. The number of carbonyl (C=O) groups excluding carboxylic acids is 1. The van der Waals surface area contributed by atoms with Crippen molar-refractivity contribution in [2.45, 2.75) is 13.3 Å². The van der Waals surface area contributed by atoms with Gasteiger partial charge in [0.1, 0.15) is 0 Å². The lowest BCUT2D eigenvalue weighted by Gasteiger charge is -2.11. The van der Waals surface area contributed by atoms with Gasteiger partial charge >= 0.3 is 5.97 Å². The monoisotopic (exact) mass is 327 g/mol. The van der Waals surface area contributed by atoms with Crippen molar-refractivity contribution in [2.75, 3.05) is 20.8 Å². The Labute approximate surface area is 141 Å². The number of pyridine rings is 1. The second kappa shape index (κ2) is 8.72. The largest absolute Gasteiger partial charge is 0.493 e. The fraction of sp³-hybridized carbons (Fsp3) is 0.263. The molecule has 1 heterocycles. The van der Waals surface area contributed by atoms with Gasteiger partial charge in [-0.3, -0.25) is 4.98 Å². The minimum Gasteiger partial charge on any atom is -0.493 e. The van der Waals surface area contributed by atoms with Crippen molar-refractivity contribution in [3.8, 4) is 11.5 Å². The van der Waals surface area contributed by atoms with E-state index in [2.05, 4.69) is 4.98 Å². The molecule has 0 radical (unpaired) electrons. The summed E-state index contributed by atoms with van der Waals surface area (Å²) >= 11 is 0. The van der Waals surface area contributed by atoms with Crippen LogP contribution in [-0.2, 0) is 16.0 Å². The van der Waals surface area contributed by atoms with E-state index in [0.29, 0.717) is 30.1 Å². The summed E-state index contributed by atoms with van der Waals surface area (Å²) in [6.07, 6.45) is 5.62. The summed E-state index contributed by atoms with van der Waals surface area (Å²) in [5.41, 5.74) is 2.39. The van der Waals surface area contributed by atoms with Gasteiger partial charge in [-0.1, -0.05) is 6.07 Å². The lowest BCUT2D eigenvalue weighted by atomic mass is 10.0. The van der Waals surface area contributed by atoms with E-state index in [0.717, 1.165) is 11.1 Å². The average molecular weight is 327 g/mol. The average Bonchev–Trinajstić information content (AvgIpc) is 2.62. The predicted molar refractivity (Wildman–Crippen MR) is 92.1 cm³/mol. The highest BCUT2D eigenvalue weighted by Gasteiger charge is 2.13. The van der Waals surface area contributed by atoms with Crippen LogP contribution in [0, 0.1) is 0 Å². The Kier molecular flexibility index (Phi) is 6.37. The Hall–Kier alpha value is -2.82. The third-order valence-corrected chi connectivity index (χ3v) is 3.43. The fourth-order valence-corrected chi connectivity index (χ4v) is 2.28. The van der Waals surface area contributed by atoms with Crippen LogP contribution in [0.3, 0.4) is 0 Å². The molecule has 1 aromatic carbocycles. The quantitative estimate of drug-likeness (QED) is 0.577. The molecule has 0 aliphatic heterocycles. The van der Waals surface area contributed by atoms with E-state index >= 15 is 0 Å². The molecule has 0 N–H and O–H groups in total. The highest BCUT2D eigenvalue weighted by Crippen LogP contribution is 2.28. The second-order valence-electron chi connectivity index (χ2n) is 5.04. The first-order valence-electron chi connectivity index (χ1n) is 7.66. The number of hydrogen-bond acceptors (Lipinski definition) is 5. The molecule has 5 heteroatoms. The number of rotatable bonds is 7. The van der Waals surface area contributed by atoms with E-state index < -0.39 is 0 Å². The Bertz CT molecular complexity index is 711. The smallest absolute Gasteiger partial charge is 0.334 e. The minimum atomic E-state index is -0.330. The van der Waals surface area contributed by atoms with Crippen molar-refractivity contribution >= 4 is 12.0 Å². The molecule has 24 heavy (non-hydrogen) atoms. The minimum absolute atomic E-state index is 0.330. The molecule has 0 saturated heterocycles. The number of carbonyl (C=O) groups is 1. The van der Waals surface area contributed by atoms with Crippen LogP contribution in [0.15, 0.2) is 48.3 Å². The topological polar surface area (TPSA) is 57.7 Å². The number of esters is 1. The van der Waals surface area contributed by atoms with Crippen molar-refractivity contribution < 1.29 is 19.0 Å². The third kappa shape index (κ3) is 4.59. The van der Waals surface area contributed by atoms with E-state index in [1.807, 2.05) is 36.4 Å². The summed E-state index contributed by atoms with van der Waals surface area (Å²) in [5, 5.41) is 0. The van der Waals surface area contributed by atoms with Gasteiger partial charge in [0, 0.05) is 24.4 Å². The first-order valence-corrected chi connectivity index (χ1v) is 7.66. The molecule has 5 nitrogen and oxygen atoms in total. The maximum Gasteiger partial charge on any atom is 0.334 e. The third-order valence-electron chi connectivity index (χ3n) is 3.43. The van der Waals surface area contributed by atoms with Gasteiger partial charge in [-0.2, -0.15) is 0 Å². The van der Waals surface area contributed by atoms with E-state index in [9.17, 15) is 4.79 Å². The zero-order valence-electron chi connectivity index (χ0n) is 14.1. The first-order chi connectivity index (χ1) is 11.7. The molecule has 0 aliphatic carbocycles. The molecular weight excluding hydrogens is 306 g/mol. The van der Waals surface area contributed by atoms with Crippen molar-refractivity contribution in [1.29, 1.82) is 0 Å². The van der Waals surface area contributed by atoms with Gasteiger partial charge in [-0.05, 0) is 48.4 Å². The normalized spacial score (nSPS) is 11.0. The SMILES string of the molecule is CCOC(=O)/C(=C/c1ccncc1)Cc1ccc(OC)c(OC)c1. The molecule has 0 atom stereocenters. The van der Waals surface area contributed by atoms with Gasteiger partial charge in [-0.25, -0.2) is 4.79 Å². The molecule has 0 amide bonds. The van der Waals surface area contributed by atoms with Crippen molar-refractivity contribution in [3.05, 3.63) is 59.4 Å². The van der Waals surface area contributed by atoms with E-state index in [-0.39, 0.29) is 5.97 Å². The number of nitrogens with zero attached hydrogens (tertiary/aromatic N) is 1. The summed E-state index contributed by atoms with van der Waals surface area (Å²) in [4.78, 5) is 16.3. The van der Waals surface area contributed by atoms with Gasteiger partial charge in [0.25, 0.3) is 0 Å². The van der Waals surface area contributed by atoms with E-state index in [1.54, 1.807) is 33.5 Å². The number of hydrogen-bond donors (Lipinski definition) is 0. The van der Waals surface area contributed by atoms with Crippen molar-refractivity contribution in [3.63, 3.8) is 0 Å². The molecule has 126 valence electrons. The van der Waals surface area contributed by atoms with Crippen LogP contribution in [0.2, 0.25) is 0 Å². The lowest BCUT2D eigenvalue weighted by molar-refractivity contribution is -0.138. The molecule has 0 aliphatic rings. The fourth-order valence-electron chi connectivity index (χ4n) is 2.28. The van der Waals surface area contributed by atoms with Gasteiger partial charge in [0.2, 0.25) is 0 Å². The summed E-state index contributed by atoms with van der Waals surface area (Å²) in [6.45, 7) is 2.12. The highest BCUT2D eigenvalue weighted by atomic mass is 16.5. The zero-order chi connectivity index (χ0) is 17.4. The van der Waals surface area contributed by atoms with Crippen LogP contribution in [0.5, 0.6) is 11.5 Å². The summed E-state index contributed by atoms with van der Waals surface area (Å²) < 4.78 is 15.7. The zero-order valence-corrected chi connectivity index (χ0v) is 14.1. The van der Waals surface area contributed by atoms with Gasteiger partial charge < -0.3 is 14.2 Å². The van der Waals surface area contributed by atoms with Crippen LogP contribution in [0.25, 0.3) is 6.08 Å². The molecular formula is C19H21NO4. The molecule has 2 aromatic rings. The lowest BCUT2D eigenvalue weighted by Crippen LogP contribution is -2.10. The number of benzene rings is 1. The Morgan fingerprint density at radius 1 is 1.08 bits per heavy atom. The highest BCUT2D eigenvalue weighted by molar-refractivity contribution is 5.94. The summed E-state index contributed by atoms with van der Waals surface area (Å²) in [5.74, 6) is 0.947. The van der Waals surface area contributed by atoms with Gasteiger partial charge in [0.05, 0.1) is 20.8 Å². The van der Waals surface area contributed by atoms with Crippen molar-refractivity contribution in [1.82, 2.24) is 4.98 Å².